The average Bonchev–Trinajstić information content (AvgIpc) is 3.34. The highest BCUT2D eigenvalue weighted by Gasteiger charge is 2.36. The Morgan fingerprint density at radius 3 is 1.72 bits per heavy atom. The molecule has 1 aliphatic heterocycles. The van der Waals surface area contributed by atoms with Crippen LogP contribution < -0.4 is 20.8 Å². The Kier molecular flexibility index (Phi) is 6.66. The standard InChI is InChI=1S/C36H28NPS/c1-3-11-28(12-4-1)38(29-13-5-2-6-14-29)30-21-25-32(26-22-30)39-31-23-19-27(20-24-31)37-35-17-9-7-15-33(35)34-16-8-10-18-36(34)37/h1-26,33,35H. The second-order valence-corrected chi connectivity index (χ2v) is 13.2. The number of fused-ring (bicyclic) bond motifs is 3. The van der Waals surface area contributed by atoms with Gasteiger partial charge in [-0.3, -0.25) is 0 Å². The van der Waals surface area contributed by atoms with Crippen LogP contribution in [0.3, 0.4) is 0 Å². The third kappa shape index (κ3) is 4.76. The first-order chi connectivity index (χ1) is 19.3. The van der Waals surface area contributed by atoms with Crippen LogP contribution in [-0.2, 0) is 0 Å². The Bertz CT molecular complexity index is 1590. The van der Waals surface area contributed by atoms with E-state index < -0.39 is 7.92 Å². The molecule has 0 saturated heterocycles. The molecule has 0 bridgehead atoms. The lowest BCUT2D eigenvalue weighted by molar-refractivity contribution is 0.744. The van der Waals surface area contributed by atoms with Crippen molar-refractivity contribution in [2.75, 3.05) is 4.90 Å². The molecule has 5 aromatic rings. The first kappa shape index (κ1) is 24.2. The molecule has 2 aliphatic rings. The Labute approximate surface area is 236 Å². The van der Waals surface area contributed by atoms with Gasteiger partial charge in [-0.1, -0.05) is 127 Å². The second-order valence-electron chi connectivity index (χ2n) is 9.81. The van der Waals surface area contributed by atoms with E-state index in [-0.39, 0.29) is 0 Å². The van der Waals surface area contributed by atoms with Gasteiger partial charge >= 0.3 is 0 Å². The quantitative estimate of drug-likeness (QED) is 0.200. The lowest BCUT2D eigenvalue weighted by Gasteiger charge is -2.28. The van der Waals surface area contributed by atoms with Crippen molar-refractivity contribution in [1.82, 2.24) is 0 Å². The fourth-order valence-electron chi connectivity index (χ4n) is 5.67. The third-order valence-corrected chi connectivity index (χ3v) is 10.9. The molecule has 0 aromatic heterocycles. The van der Waals surface area contributed by atoms with Crippen molar-refractivity contribution < 1.29 is 0 Å². The minimum Gasteiger partial charge on any atom is -0.333 e. The van der Waals surface area contributed by atoms with Gasteiger partial charge < -0.3 is 4.90 Å². The molecular formula is C36H28NPS. The SMILES string of the molecule is C1=CC2c3ccccc3N(c3ccc(Sc4ccc(P(c5ccccc5)c5ccccc5)cc4)cc3)C2C=C1. The highest BCUT2D eigenvalue weighted by molar-refractivity contribution is 7.99. The van der Waals surface area contributed by atoms with Crippen LogP contribution in [0.2, 0.25) is 0 Å². The van der Waals surface area contributed by atoms with Crippen LogP contribution in [0.25, 0.3) is 0 Å². The van der Waals surface area contributed by atoms with Crippen LogP contribution in [0.5, 0.6) is 0 Å². The molecule has 0 radical (unpaired) electrons. The van der Waals surface area contributed by atoms with Crippen molar-refractivity contribution in [3.63, 3.8) is 0 Å². The summed E-state index contributed by atoms with van der Waals surface area (Å²) in [6.07, 6.45) is 9.01. The largest absolute Gasteiger partial charge is 0.333 e. The molecule has 39 heavy (non-hydrogen) atoms. The molecule has 1 aliphatic carbocycles. The summed E-state index contributed by atoms with van der Waals surface area (Å²) in [7, 11) is -0.580. The Balaban J connectivity index is 1.12. The van der Waals surface area contributed by atoms with Gasteiger partial charge in [-0.2, -0.15) is 0 Å². The summed E-state index contributed by atoms with van der Waals surface area (Å²) >= 11 is 1.82. The van der Waals surface area contributed by atoms with Gasteiger partial charge in [-0.05, 0) is 71.9 Å². The Hall–Kier alpha value is -3.84. The predicted molar refractivity (Wildman–Crippen MR) is 169 cm³/mol. The van der Waals surface area contributed by atoms with Crippen molar-refractivity contribution in [3.05, 3.63) is 163 Å². The molecule has 0 fully saturated rings. The molecule has 7 rings (SSSR count). The molecule has 5 aromatic carbocycles. The van der Waals surface area contributed by atoms with Gasteiger partial charge in [0.25, 0.3) is 0 Å². The van der Waals surface area contributed by atoms with Crippen LogP contribution in [-0.4, -0.2) is 6.04 Å². The first-order valence-electron chi connectivity index (χ1n) is 13.4. The zero-order valence-electron chi connectivity index (χ0n) is 21.5. The molecule has 0 amide bonds. The zero-order chi connectivity index (χ0) is 26.0. The minimum atomic E-state index is -0.580. The van der Waals surface area contributed by atoms with Gasteiger partial charge in [0.1, 0.15) is 0 Å². The van der Waals surface area contributed by atoms with Crippen molar-refractivity contribution in [3.8, 4) is 0 Å². The van der Waals surface area contributed by atoms with E-state index in [9.17, 15) is 0 Å². The van der Waals surface area contributed by atoms with E-state index in [1.807, 2.05) is 11.8 Å². The number of rotatable bonds is 6. The highest BCUT2D eigenvalue weighted by Crippen LogP contribution is 2.47. The van der Waals surface area contributed by atoms with Crippen molar-refractivity contribution in [1.29, 1.82) is 0 Å². The second kappa shape index (κ2) is 10.7. The summed E-state index contributed by atoms with van der Waals surface area (Å²) < 4.78 is 0. The van der Waals surface area contributed by atoms with E-state index in [0.29, 0.717) is 12.0 Å². The zero-order valence-corrected chi connectivity index (χ0v) is 23.2. The van der Waals surface area contributed by atoms with Crippen LogP contribution in [0.15, 0.2) is 168 Å². The molecule has 188 valence electrons. The molecule has 3 heteroatoms. The summed E-state index contributed by atoms with van der Waals surface area (Å²) in [6, 6.07) is 49.1. The van der Waals surface area contributed by atoms with E-state index in [1.165, 1.54) is 42.6 Å². The lowest BCUT2D eigenvalue weighted by Crippen LogP contribution is -2.28. The maximum Gasteiger partial charge on any atom is 0.0629 e. The van der Waals surface area contributed by atoms with Gasteiger partial charge in [0.05, 0.1) is 6.04 Å². The smallest absolute Gasteiger partial charge is 0.0629 e. The van der Waals surface area contributed by atoms with Gasteiger partial charge in [-0.25, -0.2) is 0 Å². The molecule has 0 saturated carbocycles. The third-order valence-electron chi connectivity index (χ3n) is 7.43. The summed E-state index contributed by atoms with van der Waals surface area (Å²) in [4.78, 5) is 5.00. The Morgan fingerprint density at radius 1 is 0.513 bits per heavy atom. The maximum atomic E-state index is 2.48. The predicted octanol–water partition coefficient (Wildman–Crippen LogP) is 8.33. The highest BCUT2D eigenvalue weighted by atomic mass is 32.2. The fourth-order valence-corrected chi connectivity index (χ4v) is 8.76. The molecule has 2 atom stereocenters. The lowest BCUT2D eigenvalue weighted by atomic mass is 9.91. The summed E-state index contributed by atoms with van der Waals surface area (Å²) in [6.45, 7) is 0. The van der Waals surface area contributed by atoms with Gasteiger partial charge in [-0.15, -0.1) is 0 Å². The van der Waals surface area contributed by atoms with Crippen LogP contribution in [0.4, 0.5) is 11.4 Å². The molecule has 2 unspecified atom stereocenters. The average molecular weight is 538 g/mol. The van der Waals surface area contributed by atoms with Gasteiger partial charge in [0.15, 0.2) is 0 Å². The monoisotopic (exact) mass is 537 g/mol. The Morgan fingerprint density at radius 2 is 1.05 bits per heavy atom. The number of nitrogens with zero attached hydrogens (tertiary/aromatic N) is 1. The van der Waals surface area contributed by atoms with E-state index in [2.05, 4.69) is 163 Å². The van der Waals surface area contributed by atoms with Crippen molar-refractivity contribution in [2.24, 2.45) is 0 Å². The van der Waals surface area contributed by atoms with Gasteiger partial charge in [0.2, 0.25) is 0 Å². The summed E-state index contributed by atoms with van der Waals surface area (Å²) in [5.41, 5.74) is 3.96. The fraction of sp³-hybridized carbons (Fsp3) is 0.0556. The number of hydrogen-bond donors (Lipinski definition) is 0. The number of hydrogen-bond acceptors (Lipinski definition) is 2. The van der Waals surface area contributed by atoms with Crippen LogP contribution in [0.1, 0.15) is 11.5 Å². The van der Waals surface area contributed by atoms with Crippen molar-refractivity contribution in [2.45, 2.75) is 21.8 Å². The van der Waals surface area contributed by atoms with E-state index >= 15 is 0 Å². The maximum absolute atomic E-state index is 2.48. The van der Waals surface area contributed by atoms with E-state index in [1.54, 1.807) is 0 Å². The molecule has 0 spiro atoms. The number of allylic oxidation sites excluding steroid dienone is 2. The molecule has 0 N–H and O–H groups in total. The first-order valence-corrected chi connectivity index (χ1v) is 15.5. The minimum absolute atomic E-state index is 0.336. The van der Waals surface area contributed by atoms with Crippen LogP contribution in [0, 0.1) is 0 Å². The summed E-state index contributed by atoms with van der Waals surface area (Å²) in [5, 5.41) is 4.13. The number of anilines is 2. The van der Waals surface area contributed by atoms with Crippen molar-refractivity contribution >= 4 is 47.0 Å². The van der Waals surface area contributed by atoms with Crippen LogP contribution >= 0.6 is 19.7 Å². The van der Waals surface area contributed by atoms with Gasteiger partial charge in [0, 0.05) is 27.1 Å². The molecular weight excluding hydrogens is 509 g/mol. The van der Waals surface area contributed by atoms with E-state index in [0.717, 1.165) is 0 Å². The molecule has 1 nitrogen and oxygen atoms in total. The normalized spacial score (nSPS) is 17.3. The van der Waals surface area contributed by atoms with E-state index in [4.69, 9.17) is 0 Å². The number of benzene rings is 5. The summed E-state index contributed by atoms with van der Waals surface area (Å²) in [5.74, 6) is 0.413. The number of para-hydroxylation sites is 1. The molecule has 1 heterocycles. The topological polar surface area (TPSA) is 3.24 Å².